The average molecular weight is 775 g/mol. The first-order valence-corrected chi connectivity index (χ1v) is 22.9. The van der Waals surface area contributed by atoms with Crippen LogP contribution in [0.1, 0.15) is 94.3 Å². The smallest absolute Gasteiger partial charge is 0.184 e. The van der Waals surface area contributed by atoms with E-state index in [9.17, 15) is 0 Å². The fourth-order valence-electron chi connectivity index (χ4n) is 10.00. The highest BCUT2D eigenvalue weighted by Crippen LogP contribution is 2.53. The molecular weight excluding hydrogens is 721 g/mol. The highest BCUT2D eigenvalue weighted by Gasteiger charge is 2.47. The van der Waals surface area contributed by atoms with Gasteiger partial charge in [-0.25, -0.2) is 0 Å². The molecule has 0 fully saturated rings. The van der Waals surface area contributed by atoms with Crippen molar-refractivity contribution in [1.29, 1.82) is 0 Å². The van der Waals surface area contributed by atoms with Gasteiger partial charge in [0.2, 0.25) is 0 Å². The average Bonchev–Trinajstić information content (AvgIpc) is 3.21. The summed E-state index contributed by atoms with van der Waals surface area (Å²) in [5, 5.41) is 5.19. The van der Waals surface area contributed by atoms with E-state index in [-0.39, 0.29) is 16.2 Å². The zero-order valence-electron chi connectivity index (χ0n) is 35.5. The summed E-state index contributed by atoms with van der Waals surface area (Å²) in [6.45, 7) is 20.9. The van der Waals surface area contributed by atoms with E-state index in [1.807, 2.05) is 0 Å². The van der Waals surface area contributed by atoms with Gasteiger partial charge in [-0.1, -0.05) is 195 Å². The van der Waals surface area contributed by atoms with E-state index >= 15 is 0 Å². The number of hydrogen-bond acceptors (Lipinski definition) is 2. The number of para-hydroxylation sites is 2. The molecule has 0 saturated heterocycles. The molecule has 2 aliphatic heterocycles. The summed E-state index contributed by atoms with van der Waals surface area (Å²) < 4.78 is 14.4. The molecule has 0 aromatic heterocycles. The van der Waals surface area contributed by atoms with E-state index in [0.717, 1.165) is 29.4 Å². The number of rotatable bonds is 6. The molecule has 7 aromatic rings. The molecule has 2 nitrogen and oxygen atoms in total. The molecule has 9 rings (SSSR count). The van der Waals surface area contributed by atoms with Gasteiger partial charge in [0.15, 0.2) is 8.07 Å². The first kappa shape index (κ1) is 37.9. The van der Waals surface area contributed by atoms with Crippen molar-refractivity contribution in [2.24, 2.45) is 0 Å². The molecule has 0 bridgehead atoms. The van der Waals surface area contributed by atoms with Crippen molar-refractivity contribution in [3.63, 3.8) is 0 Å². The summed E-state index contributed by atoms with van der Waals surface area (Å²) in [5.41, 5.74) is 10.4. The Morgan fingerprint density at radius 3 is 1.74 bits per heavy atom. The topological polar surface area (TPSA) is 18.5 Å². The maximum absolute atomic E-state index is 7.19. The fourth-order valence-corrected chi connectivity index (χ4v) is 14.9. The van der Waals surface area contributed by atoms with Crippen molar-refractivity contribution in [1.82, 2.24) is 0 Å². The Balaban J connectivity index is 1.39. The van der Waals surface area contributed by atoms with E-state index < -0.39 is 8.07 Å². The molecule has 0 radical (unpaired) electrons. The number of benzene rings is 7. The highest BCUT2D eigenvalue weighted by atomic mass is 28.3. The molecule has 58 heavy (non-hydrogen) atoms. The molecule has 0 spiro atoms. The Morgan fingerprint density at radius 1 is 0.517 bits per heavy atom. The molecule has 0 saturated carbocycles. The van der Waals surface area contributed by atoms with Gasteiger partial charge in [0.05, 0.1) is 0 Å². The van der Waals surface area contributed by atoms with Crippen LogP contribution in [0.15, 0.2) is 152 Å². The van der Waals surface area contributed by atoms with Crippen LogP contribution in [-0.4, -0.2) is 8.07 Å². The van der Waals surface area contributed by atoms with Crippen LogP contribution in [0.25, 0.3) is 11.1 Å². The predicted octanol–water partition coefficient (Wildman–Crippen LogP) is 11.8. The standard InChI is InChI=1S/C55H54O2Si/c1-10-37-29-32-44-48(34-37)57-52-46(55(44,8)9)31-28-36(2)50(52)41-35-40(30-33-42(41)53(3,4)5)58(38-20-13-11-14-21-38,39-22-15-12-16-23-39)49-27-19-25-45-51(49)56-47-26-18-17-24-43(47)54(45,6)7/h11-35H,10H2,1-9H3. The molecule has 2 heterocycles. The summed E-state index contributed by atoms with van der Waals surface area (Å²) in [5.74, 6) is 3.84. The number of fused-ring (bicyclic) bond motifs is 4. The minimum atomic E-state index is -3.13. The molecule has 7 aromatic carbocycles. The molecule has 0 atom stereocenters. The van der Waals surface area contributed by atoms with Crippen LogP contribution in [0.3, 0.4) is 0 Å². The minimum absolute atomic E-state index is 0.146. The van der Waals surface area contributed by atoms with Crippen LogP contribution in [0.5, 0.6) is 23.0 Å². The van der Waals surface area contributed by atoms with Crippen molar-refractivity contribution in [2.75, 3.05) is 0 Å². The van der Waals surface area contributed by atoms with E-state index in [0.29, 0.717) is 0 Å². The molecular formula is C55H54O2Si. The summed E-state index contributed by atoms with van der Waals surface area (Å²) >= 11 is 0. The maximum atomic E-state index is 7.19. The van der Waals surface area contributed by atoms with Gasteiger partial charge in [0.1, 0.15) is 23.0 Å². The third-order valence-electron chi connectivity index (χ3n) is 13.2. The van der Waals surface area contributed by atoms with Crippen LogP contribution in [0.4, 0.5) is 0 Å². The van der Waals surface area contributed by atoms with Crippen molar-refractivity contribution in [3.8, 4) is 34.1 Å². The first-order chi connectivity index (χ1) is 27.8. The second-order valence-corrected chi connectivity index (χ2v) is 22.2. The van der Waals surface area contributed by atoms with Gasteiger partial charge in [0, 0.05) is 38.6 Å². The SMILES string of the molecule is CCc1ccc2c(c1)Oc1c(ccc(C)c1-c1cc([Si](c3ccccc3)(c3ccccc3)c3cccc4c3Oc3ccccc3C4(C)C)ccc1C(C)(C)C)C2(C)C. The van der Waals surface area contributed by atoms with E-state index in [4.69, 9.17) is 9.47 Å². The molecule has 0 unspecified atom stereocenters. The lowest BCUT2D eigenvalue weighted by molar-refractivity contribution is 0.418. The van der Waals surface area contributed by atoms with Gasteiger partial charge in [-0.2, -0.15) is 0 Å². The second-order valence-electron chi connectivity index (χ2n) is 18.4. The Morgan fingerprint density at radius 2 is 1.09 bits per heavy atom. The van der Waals surface area contributed by atoms with E-state index in [1.54, 1.807) is 0 Å². The lowest BCUT2D eigenvalue weighted by atomic mass is 9.73. The molecule has 290 valence electrons. The van der Waals surface area contributed by atoms with Crippen LogP contribution < -0.4 is 30.2 Å². The molecule has 0 aliphatic carbocycles. The normalized spacial score (nSPS) is 14.9. The van der Waals surface area contributed by atoms with Gasteiger partial charge in [-0.3, -0.25) is 0 Å². The third-order valence-corrected chi connectivity index (χ3v) is 18.0. The highest BCUT2D eigenvalue weighted by molar-refractivity contribution is 7.20. The van der Waals surface area contributed by atoms with Crippen LogP contribution in [0.2, 0.25) is 0 Å². The molecule has 0 amide bonds. The Hall–Kier alpha value is -5.64. The van der Waals surface area contributed by atoms with Crippen molar-refractivity contribution in [3.05, 3.63) is 191 Å². The zero-order valence-corrected chi connectivity index (χ0v) is 36.5. The van der Waals surface area contributed by atoms with Gasteiger partial charge in [-0.05, 0) is 73.9 Å². The Bertz CT molecular complexity index is 2660. The fraction of sp³-hybridized carbons (Fsp3) is 0.236. The van der Waals surface area contributed by atoms with Crippen molar-refractivity contribution >= 4 is 28.8 Å². The quantitative estimate of drug-likeness (QED) is 0.124. The predicted molar refractivity (Wildman–Crippen MR) is 246 cm³/mol. The zero-order chi connectivity index (χ0) is 40.6. The second kappa shape index (κ2) is 13.7. The summed E-state index contributed by atoms with van der Waals surface area (Å²) in [7, 11) is -3.13. The number of aryl methyl sites for hydroxylation is 2. The Kier molecular flexibility index (Phi) is 8.98. The molecule has 3 heteroatoms. The van der Waals surface area contributed by atoms with Crippen LogP contribution in [0, 0.1) is 6.92 Å². The van der Waals surface area contributed by atoms with Crippen molar-refractivity contribution < 1.29 is 9.47 Å². The number of hydrogen-bond donors (Lipinski definition) is 0. The third kappa shape index (κ3) is 5.73. The maximum Gasteiger partial charge on any atom is 0.184 e. The van der Waals surface area contributed by atoms with Gasteiger partial charge in [0.25, 0.3) is 0 Å². The minimum Gasteiger partial charge on any atom is -0.457 e. The van der Waals surface area contributed by atoms with Crippen LogP contribution in [-0.2, 0) is 22.7 Å². The molecule has 2 aliphatic rings. The van der Waals surface area contributed by atoms with Crippen LogP contribution >= 0.6 is 0 Å². The first-order valence-electron chi connectivity index (χ1n) is 20.9. The molecule has 0 N–H and O–H groups in total. The lowest BCUT2D eigenvalue weighted by Crippen LogP contribution is -2.75. The van der Waals surface area contributed by atoms with E-state index in [2.05, 4.69) is 214 Å². The van der Waals surface area contributed by atoms with Crippen molar-refractivity contribution in [2.45, 2.75) is 85.0 Å². The van der Waals surface area contributed by atoms with E-state index in [1.165, 1.54) is 70.8 Å². The summed E-state index contributed by atoms with van der Waals surface area (Å²) in [4.78, 5) is 0. The van der Waals surface area contributed by atoms with Gasteiger partial charge >= 0.3 is 0 Å². The Labute approximate surface area is 346 Å². The largest absolute Gasteiger partial charge is 0.457 e. The summed E-state index contributed by atoms with van der Waals surface area (Å²) in [6.07, 6.45) is 0.960. The lowest BCUT2D eigenvalue weighted by Gasteiger charge is -2.41. The summed E-state index contributed by atoms with van der Waals surface area (Å²) in [6, 6.07) is 56.8. The van der Waals surface area contributed by atoms with Gasteiger partial charge < -0.3 is 9.47 Å². The monoisotopic (exact) mass is 774 g/mol. The number of ether oxygens (including phenoxy) is 2. The van der Waals surface area contributed by atoms with Gasteiger partial charge in [-0.15, -0.1) is 0 Å².